The molecule has 2 heterocycles. The van der Waals surface area contributed by atoms with Crippen LogP contribution in [0.15, 0.2) is 47.7 Å². The molecule has 1 fully saturated rings. The van der Waals surface area contributed by atoms with Gasteiger partial charge >= 0.3 is 6.09 Å². The number of nitrogens with zero attached hydrogens (tertiary/aromatic N) is 4. The molecule has 9 heteroatoms. The number of rotatable bonds is 7. The number of carbonyl (C=O) groups is 1. The van der Waals surface area contributed by atoms with Crippen LogP contribution in [0.25, 0.3) is 0 Å². The van der Waals surface area contributed by atoms with Crippen molar-refractivity contribution in [3.05, 3.63) is 53.9 Å². The fourth-order valence-corrected chi connectivity index (χ4v) is 3.51. The molecule has 1 amide bonds. The standard InChI is InChI=1S/C22H32N6O2.HI/c1-3-23-21(26-20-9-13-27(14-10-20)22(29)30-4-2)24-16-18-7-5-8-19(15-18)17-28-12-6-11-25-28;/h5-8,11-12,15,20H,3-4,9-10,13-14,16-17H2,1-2H3,(H2,23,24,26);1H. The van der Waals surface area contributed by atoms with Gasteiger partial charge < -0.3 is 20.3 Å². The lowest BCUT2D eigenvalue weighted by Crippen LogP contribution is -2.49. The number of guanidine groups is 1. The van der Waals surface area contributed by atoms with Crippen LogP contribution in [0.4, 0.5) is 4.79 Å². The number of halogens is 1. The minimum absolute atomic E-state index is 0. The van der Waals surface area contributed by atoms with Gasteiger partial charge in [0.2, 0.25) is 0 Å². The highest BCUT2D eigenvalue weighted by Crippen LogP contribution is 2.12. The van der Waals surface area contributed by atoms with E-state index in [0.717, 1.165) is 37.5 Å². The first-order chi connectivity index (χ1) is 14.7. The molecule has 3 rings (SSSR count). The number of hydrogen-bond donors (Lipinski definition) is 2. The quantitative estimate of drug-likeness (QED) is 0.320. The van der Waals surface area contributed by atoms with E-state index in [1.807, 2.05) is 23.9 Å². The molecule has 0 aliphatic carbocycles. The summed E-state index contributed by atoms with van der Waals surface area (Å²) in [5, 5.41) is 11.1. The number of nitrogens with one attached hydrogen (secondary N) is 2. The molecule has 8 nitrogen and oxygen atoms in total. The average Bonchev–Trinajstić information content (AvgIpc) is 3.26. The van der Waals surface area contributed by atoms with Gasteiger partial charge in [-0.2, -0.15) is 5.10 Å². The largest absolute Gasteiger partial charge is 0.450 e. The summed E-state index contributed by atoms with van der Waals surface area (Å²) in [5.41, 5.74) is 2.37. The van der Waals surface area contributed by atoms with Gasteiger partial charge in [0.15, 0.2) is 5.96 Å². The van der Waals surface area contributed by atoms with Crippen molar-refractivity contribution in [1.82, 2.24) is 25.3 Å². The maximum Gasteiger partial charge on any atom is 0.409 e. The highest BCUT2D eigenvalue weighted by Gasteiger charge is 2.24. The van der Waals surface area contributed by atoms with E-state index >= 15 is 0 Å². The van der Waals surface area contributed by atoms with Crippen LogP contribution in [0.1, 0.15) is 37.8 Å². The SMILES string of the molecule is CCNC(=NCc1cccc(Cn2cccn2)c1)NC1CCN(C(=O)OCC)CC1.I. The second kappa shape index (κ2) is 13.2. The van der Waals surface area contributed by atoms with E-state index in [1.54, 1.807) is 11.1 Å². The molecule has 1 aliphatic heterocycles. The van der Waals surface area contributed by atoms with Crippen LogP contribution in [0, 0.1) is 0 Å². The van der Waals surface area contributed by atoms with E-state index in [1.165, 1.54) is 5.56 Å². The molecular weight excluding hydrogens is 507 g/mol. The van der Waals surface area contributed by atoms with Crippen LogP contribution < -0.4 is 10.6 Å². The number of benzene rings is 1. The van der Waals surface area contributed by atoms with Gasteiger partial charge in [-0.05, 0) is 43.9 Å². The molecule has 2 N–H and O–H groups in total. The third-order valence-corrected chi connectivity index (χ3v) is 5.02. The van der Waals surface area contributed by atoms with Crippen LogP contribution in [-0.4, -0.2) is 59.0 Å². The zero-order valence-corrected chi connectivity index (χ0v) is 20.6. The summed E-state index contributed by atoms with van der Waals surface area (Å²) in [6, 6.07) is 10.7. The maximum absolute atomic E-state index is 11.9. The molecule has 170 valence electrons. The molecule has 0 bridgehead atoms. The Labute approximate surface area is 201 Å². The number of ether oxygens (including phenoxy) is 1. The molecule has 1 aromatic carbocycles. The van der Waals surface area contributed by atoms with Crippen LogP contribution in [0.5, 0.6) is 0 Å². The Bertz CT molecular complexity index is 819. The van der Waals surface area contributed by atoms with Gasteiger partial charge in [-0.1, -0.05) is 24.3 Å². The molecule has 0 atom stereocenters. The second-order valence-electron chi connectivity index (χ2n) is 7.32. The molecular formula is C22H33IN6O2. The van der Waals surface area contributed by atoms with Gasteiger partial charge in [0.25, 0.3) is 0 Å². The smallest absolute Gasteiger partial charge is 0.409 e. The van der Waals surface area contributed by atoms with Crippen molar-refractivity contribution in [3.63, 3.8) is 0 Å². The van der Waals surface area contributed by atoms with Crippen LogP contribution in [-0.2, 0) is 17.8 Å². The predicted octanol–water partition coefficient (Wildman–Crippen LogP) is 3.23. The third-order valence-electron chi connectivity index (χ3n) is 5.02. The Balaban J connectivity index is 0.00000341. The summed E-state index contributed by atoms with van der Waals surface area (Å²) in [7, 11) is 0. The first kappa shape index (κ1) is 25.0. The summed E-state index contributed by atoms with van der Waals surface area (Å²) in [6.45, 7) is 7.86. The molecule has 1 aliphatic rings. The molecule has 1 saturated heterocycles. The number of aliphatic imine (C=N–C) groups is 1. The van der Waals surface area contributed by atoms with Crippen molar-refractivity contribution in [2.75, 3.05) is 26.2 Å². The first-order valence-electron chi connectivity index (χ1n) is 10.7. The number of amides is 1. The summed E-state index contributed by atoms with van der Waals surface area (Å²) in [5.74, 6) is 0.810. The zero-order valence-electron chi connectivity index (χ0n) is 18.3. The van der Waals surface area contributed by atoms with Gasteiger partial charge in [-0.15, -0.1) is 24.0 Å². The van der Waals surface area contributed by atoms with Gasteiger partial charge in [0.1, 0.15) is 0 Å². The number of aromatic nitrogens is 2. The van der Waals surface area contributed by atoms with Crippen molar-refractivity contribution < 1.29 is 9.53 Å². The Morgan fingerprint density at radius 3 is 2.68 bits per heavy atom. The van der Waals surface area contributed by atoms with Crippen molar-refractivity contribution in [1.29, 1.82) is 0 Å². The van der Waals surface area contributed by atoms with E-state index in [4.69, 9.17) is 9.73 Å². The Morgan fingerprint density at radius 2 is 2.00 bits per heavy atom. The normalized spacial score (nSPS) is 14.6. The third kappa shape index (κ3) is 8.04. The fraction of sp³-hybridized carbons (Fsp3) is 0.500. The van der Waals surface area contributed by atoms with Gasteiger partial charge in [-0.25, -0.2) is 9.79 Å². The van der Waals surface area contributed by atoms with Gasteiger partial charge in [0.05, 0.1) is 19.7 Å². The average molecular weight is 540 g/mol. The van der Waals surface area contributed by atoms with Crippen molar-refractivity contribution in [3.8, 4) is 0 Å². The van der Waals surface area contributed by atoms with Crippen LogP contribution in [0.2, 0.25) is 0 Å². The first-order valence-corrected chi connectivity index (χ1v) is 10.7. The van der Waals surface area contributed by atoms with E-state index in [0.29, 0.717) is 32.3 Å². The molecule has 0 spiro atoms. The lowest BCUT2D eigenvalue weighted by Gasteiger charge is -2.32. The minimum Gasteiger partial charge on any atom is -0.450 e. The Hall–Kier alpha value is -2.30. The summed E-state index contributed by atoms with van der Waals surface area (Å²) >= 11 is 0. The molecule has 1 aromatic heterocycles. The summed E-state index contributed by atoms with van der Waals surface area (Å²) in [6.07, 6.45) is 5.29. The number of piperidine rings is 1. The summed E-state index contributed by atoms with van der Waals surface area (Å²) in [4.78, 5) is 18.4. The molecule has 2 aromatic rings. The van der Waals surface area contributed by atoms with E-state index in [9.17, 15) is 4.79 Å². The monoisotopic (exact) mass is 540 g/mol. The highest BCUT2D eigenvalue weighted by atomic mass is 127. The van der Waals surface area contributed by atoms with Crippen LogP contribution >= 0.6 is 24.0 Å². The lowest BCUT2D eigenvalue weighted by molar-refractivity contribution is 0.0963. The minimum atomic E-state index is -0.216. The zero-order chi connectivity index (χ0) is 21.2. The maximum atomic E-state index is 11.9. The Kier molecular flexibility index (Phi) is 10.6. The number of likely N-dealkylation sites (tertiary alicyclic amines) is 1. The molecule has 31 heavy (non-hydrogen) atoms. The van der Waals surface area contributed by atoms with E-state index < -0.39 is 0 Å². The summed E-state index contributed by atoms with van der Waals surface area (Å²) < 4.78 is 7.00. The van der Waals surface area contributed by atoms with E-state index in [-0.39, 0.29) is 30.1 Å². The molecule has 0 unspecified atom stereocenters. The van der Waals surface area contributed by atoms with Crippen molar-refractivity contribution >= 4 is 36.0 Å². The number of carbonyl (C=O) groups excluding carboxylic acids is 1. The van der Waals surface area contributed by atoms with Gasteiger partial charge in [-0.3, -0.25) is 4.68 Å². The Morgan fingerprint density at radius 1 is 1.23 bits per heavy atom. The van der Waals surface area contributed by atoms with Crippen molar-refractivity contribution in [2.24, 2.45) is 4.99 Å². The second-order valence-corrected chi connectivity index (χ2v) is 7.32. The molecule has 0 saturated carbocycles. The fourth-order valence-electron chi connectivity index (χ4n) is 3.51. The van der Waals surface area contributed by atoms with E-state index in [2.05, 4.69) is 46.9 Å². The predicted molar refractivity (Wildman–Crippen MR) is 133 cm³/mol. The highest BCUT2D eigenvalue weighted by molar-refractivity contribution is 14.0. The number of hydrogen-bond acceptors (Lipinski definition) is 4. The van der Waals surface area contributed by atoms with Crippen LogP contribution in [0.3, 0.4) is 0 Å². The van der Waals surface area contributed by atoms with Crippen molar-refractivity contribution in [2.45, 2.75) is 45.8 Å². The molecule has 0 radical (unpaired) electrons. The topological polar surface area (TPSA) is 83.8 Å². The van der Waals surface area contributed by atoms with Gasteiger partial charge in [0, 0.05) is 38.1 Å². The lowest BCUT2D eigenvalue weighted by atomic mass is 10.1.